The summed E-state index contributed by atoms with van der Waals surface area (Å²) in [6, 6.07) is 7.36. The van der Waals surface area contributed by atoms with Crippen LogP contribution in [-0.4, -0.2) is 19.3 Å². The second-order valence-corrected chi connectivity index (χ2v) is 2.84. The maximum Gasteiger partial charge on any atom is 0.119 e. The lowest BCUT2D eigenvalue weighted by Gasteiger charge is -2.03. The summed E-state index contributed by atoms with van der Waals surface area (Å²) in [7, 11) is 0. The van der Waals surface area contributed by atoms with Gasteiger partial charge in [0.15, 0.2) is 0 Å². The van der Waals surface area contributed by atoms with E-state index in [0.29, 0.717) is 12.7 Å². The van der Waals surface area contributed by atoms with Gasteiger partial charge < -0.3 is 15.2 Å². The third kappa shape index (κ3) is 1.89. The normalized spacial score (nSPS) is 20.5. The molecule has 1 fully saturated rings. The highest BCUT2D eigenvalue weighted by Gasteiger charge is 2.22. The molecule has 0 aliphatic carbocycles. The average molecular weight is 165 g/mol. The number of rotatable bonds is 3. The van der Waals surface area contributed by atoms with Gasteiger partial charge in [0.1, 0.15) is 18.5 Å². The highest BCUT2D eigenvalue weighted by Crippen LogP contribution is 2.16. The minimum absolute atomic E-state index is 0.308. The lowest BCUT2D eigenvalue weighted by Crippen LogP contribution is -2.03. The monoisotopic (exact) mass is 165 g/mol. The first-order chi connectivity index (χ1) is 5.84. The van der Waals surface area contributed by atoms with Gasteiger partial charge >= 0.3 is 0 Å². The van der Waals surface area contributed by atoms with Gasteiger partial charge in [-0.2, -0.15) is 0 Å². The zero-order valence-corrected chi connectivity index (χ0v) is 6.69. The highest BCUT2D eigenvalue weighted by molar-refractivity contribution is 5.41. The van der Waals surface area contributed by atoms with E-state index in [4.69, 9.17) is 15.2 Å². The van der Waals surface area contributed by atoms with Gasteiger partial charge in [0.05, 0.1) is 6.61 Å². The van der Waals surface area contributed by atoms with Crippen LogP contribution in [0.3, 0.4) is 0 Å². The maximum atomic E-state index is 5.51. The van der Waals surface area contributed by atoms with E-state index in [0.717, 1.165) is 18.0 Å². The summed E-state index contributed by atoms with van der Waals surface area (Å²) in [5.74, 6) is 0.847. The summed E-state index contributed by atoms with van der Waals surface area (Å²) < 4.78 is 10.4. The Morgan fingerprint density at radius 1 is 1.42 bits per heavy atom. The molecule has 12 heavy (non-hydrogen) atoms. The molecular formula is C9H11NO2. The van der Waals surface area contributed by atoms with E-state index in [1.165, 1.54) is 0 Å². The van der Waals surface area contributed by atoms with Crippen molar-refractivity contribution in [2.45, 2.75) is 6.10 Å². The number of hydrogen-bond acceptors (Lipinski definition) is 3. The van der Waals surface area contributed by atoms with Crippen molar-refractivity contribution in [3.8, 4) is 5.75 Å². The second kappa shape index (κ2) is 3.03. The molecule has 1 aromatic rings. The Morgan fingerprint density at radius 2 is 2.08 bits per heavy atom. The molecule has 1 aliphatic heterocycles. The molecule has 2 rings (SSSR count). The van der Waals surface area contributed by atoms with Gasteiger partial charge in [-0.3, -0.25) is 0 Å². The van der Waals surface area contributed by atoms with Crippen LogP contribution in [0.2, 0.25) is 0 Å². The number of nitrogens with two attached hydrogens (primary N) is 1. The molecule has 1 atom stereocenters. The van der Waals surface area contributed by atoms with Gasteiger partial charge in [0.25, 0.3) is 0 Å². The van der Waals surface area contributed by atoms with E-state index in [1.54, 1.807) is 0 Å². The average Bonchev–Trinajstić information content (AvgIpc) is 2.87. The minimum Gasteiger partial charge on any atom is -0.491 e. The molecule has 64 valence electrons. The molecule has 3 nitrogen and oxygen atoms in total. The van der Waals surface area contributed by atoms with Gasteiger partial charge in [-0.05, 0) is 24.3 Å². The first-order valence-corrected chi connectivity index (χ1v) is 3.94. The first-order valence-electron chi connectivity index (χ1n) is 3.94. The molecule has 1 saturated heterocycles. The maximum absolute atomic E-state index is 5.51. The standard InChI is InChI=1S/C9H11NO2/c10-7-1-3-8(4-2-7)11-5-9-6-12-9/h1-4,9H,5-6,10H2/t9-/m0/s1. The summed E-state index contributed by atoms with van der Waals surface area (Å²) in [5, 5.41) is 0. The van der Waals surface area contributed by atoms with Crippen LogP contribution in [0.25, 0.3) is 0 Å². The van der Waals surface area contributed by atoms with Crippen LogP contribution in [0, 0.1) is 0 Å². The van der Waals surface area contributed by atoms with Gasteiger partial charge in [0.2, 0.25) is 0 Å². The van der Waals surface area contributed by atoms with E-state index < -0.39 is 0 Å². The van der Waals surface area contributed by atoms with Crippen LogP contribution in [0.5, 0.6) is 5.75 Å². The second-order valence-electron chi connectivity index (χ2n) is 2.84. The molecule has 0 spiro atoms. The zero-order chi connectivity index (χ0) is 8.39. The predicted octanol–water partition coefficient (Wildman–Crippen LogP) is 1.05. The molecule has 0 amide bonds. The van der Waals surface area contributed by atoms with E-state index in [-0.39, 0.29) is 0 Å². The minimum atomic E-state index is 0.308. The summed E-state index contributed by atoms with van der Waals surface area (Å²) in [4.78, 5) is 0. The summed E-state index contributed by atoms with van der Waals surface area (Å²) in [6.45, 7) is 1.47. The quantitative estimate of drug-likeness (QED) is 0.538. The predicted molar refractivity (Wildman–Crippen MR) is 46.1 cm³/mol. The third-order valence-corrected chi connectivity index (χ3v) is 1.72. The number of benzene rings is 1. The molecule has 1 aromatic carbocycles. The number of ether oxygens (including phenoxy) is 2. The van der Waals surface area contributed by atoms with E-state index in [2.05, 4.69) is 0 Å². The number of nitrogen functional groups attached to an aromatic ring is 1. The van der Waals surface area contributed by atoms with Crippen molar-refractivity contribution in [1.82, 2.24) is 0 Å². The van der Waals surface area contributed by atoms with Crippen molar-refractivity contribution in [3.05, 3.63) is 24.3 Å². The van der Waals surface area contributed by atoms with Crippen molar-refractivity contribution >= 4 is 5.69 Å². The van der Waals surface area contributed by atoms with Crippen LogP contribution in [0.4, 0.5) is 5.69 Å². The number of anilines is 1. The molecule has 0 aromatic heterocycles. The Hall–Kier alpha value is -1.22. The number of epoxide rings is 1. The molecule has 0 radical (unpaired) electrons. The Kier molecular flexibility index (Phi) is 1.87. The van der Waals surface area contributed by atoms with Crippen molar-refractivity contribution in [2.24, 2.45) is 0 Å². The van der Waals surface area contributed by atoms with Crippen LogP contribution in [0.1, 0.15) is 0 Å². The van der Waals surface area contributed by atoms with Crippen molar-refractivity contribution in [2.75, 3.05) is 18.9 Å². The summed E-state index contributed by atoms with van der Waals surface area (Å²) in [6.07, 6.45) is 0.308. The first kappa shape index (κ1) is 7.43. The number of hydrogen-bond donors (Lipinski definition) is 1. The Balaban J connectivity index is 1.89. The van der Waals surface area contributed by atoms with Crippen molar-refractivity contribution in [3.63, 3.8) is 0 Å². The smallest absolute Gasteiger partial charge is 0.119 e. The van der Waals surface area contributed by atoms with E-state index in [1.807, 2.05) is 24.3 Å². The highest BCUT2D eigenvalue weighted by atomic mass is 16.6. The van der Waals surface area contributed by atoms with Crippen LogP contribution < -0.4 is 10.5 Å². The largest absolute Gasteiger partial charge is 0.491 e. The van der Waals surface area contributed by atoms with E-state index >= 15 is 0 Å². The zero-order valence-electron chi connectivity index (χ0n) is 6.69. The Bertz CT molecular complexity index is 254. The van der Waals surface area contributed by atoms with Crippen molar-refractivity contribution < 1.29 is 9.47 Å². The fourth-order valence-corrected chi connectivity index (χ4v) is 0.917. The van der Waals surface area contributed by atoms with Gasteiger partial charge in [-0.25, -0.2) is 0 Å². The van der Waals surface area contributed by atoms with Crippen LogP contribution >= 0.6 is 0 Å². The fraction of sp³-hybridized carbons (Fsp3) is 0.333. The van der Waals surface area contributed by atoms with Crippen molar-refractivity contribution in [1.29, 1.82) is 0 Å². The molecule has 0 bridgehead atoms. The van der Waals surface area contributed by atoms with Gasteiger partial charge in [-0.1, -0.05) is 0 Å². The molecule has 1 aliphatic rings. The Labute approximate surface area is 71.1 Å². The topological polar surface area (TPSA) is 47.8 Å². The van der Waals surface area contributed by atoms with Crippen LogP contribution in [0.15, 0.2) is 24.3 Å². The SMILES string of the molecule is Nc1ccc(OC[C@H]2CO2)cc1. The molecule has 0 unspecified atom stereocenters. The summed E-state index contributed by atoms with van der Waals surface area (Å²) >= 11 is 0. The van der Waals surface area contributed by atoms with Gasteiger partial charge in [-0.15, -0.1) is 0 Å². The van der Waals surface area contributed by atoms with Gasteiger partial charge in [0, 0.05) is 5.69 Å². The molecule has 2 N–H and O–H groups in total. The molecular weight excluding hydrogens is 154 g/mol. The Morgan fingerprint density at radius 3 is 2.67 bits per heavy atom. The molecule has 0 saturated carbocycles. The van der Waals surface area contributed by atoms with E-state index in [9.17, 15) is 0 Å². The molecule has 1 heterocycles. The molecule has 3 heteroatoms. The fourth-order valence-electron chi connectivity index (χ4n) is 0.917. The summed E-state index contributed by atoms with van der Waals surface area (Å²) in [5.41, 5.74) is 6.27. The lowest BCUT2D eigenvalue weighted by atomic mass is 10.3. The lowest BCUT2D eigenvalue weighted by molar-refractivity contribution is 0.263. The van der Waals surface area contributed by atoms with Crippen LogP contribution in [-0.2, 0) is 4.74 Å². The third-order valence-electron chi connectivity index (χ3n) is 1.72.